The minimum Gasteiger partial charge on any atom is -0.288 e. The average Bonchev–Trinajstić information content (AvgIpc) is 2.42. The average molecular weight is 317 g/mol. The topological polar surface area (TPSA) is 17.1 Å². The first-order valence-electron chi connectivity index (χ1n) is 8.04. The van der Waals surface area contributed by atoms with E-state index < -0.39 is 0 Å². The fourth-order valence-electron chi connectivity index (χ4n) is 2.36. The Labute approximate surface area is 140 Å². The van der Waals surface area contributed by atoms with Gasteiger partial charge in [0.2, 0.25) is 0 Å². The summed E-state index contributed by atoms with van der Waals surface area (Å²) in [5, 5.41) is 0.123. The summed E-state index contributed by atoms with van der Waals surface area (Å²) in [5.74, 6) is 8.48. The van der Waals surface area contributed by atoms with Crippen molar-refractivity contribution in [3.8, 4) is 11.8 Å². The van der Waals surface area contributed by atoms with Crippen LogP contribution in [0.1, 0.15) is 88.5 Å². The molecule has 22 heavy (non-hydrogen) atoms. The third kappa shape index (κ3) is 5.21. The van der Waals surface area contributed by atoms with E-state index in [0.717, 1.165) is 0 Å². The molecular formula is C20H28OS. The zero-order chi connectivity index (χ0) is 16.9. The summed E-state index contributed by atoms with van der Waals surface area (Å²) in [5.41, 5.74) is 5.21. The Morgan fingerprint density at radius 1 is 1.00 bits per heavy atom. The molecule has 1 rings (SSSR count). The quantitative estimate of drug-likeness (QED) is 0.664. The van der Waals surface area contributed by atoms with E-state index in [9.17, 15) is 4.79 Å². The molecule has 0 saturated heterocycles. The lowest BCUT2D eigenvalue weighted by atomic mass is 9.85. The molecule has 0 aliphatic carbocycles. The molecule has 0 aromatic heterocycles. The van der Waals surface area contributed by atoms with Gasteiger partial charge in [0.1, 0.15) is 0 Å². The SMILES string of the molecule is CC(=O)SCC#Cc1c(C(C)C)cc(C(C)C)cc1C(C)C. The first-order chi connectivity index (χ1) is 10.2. The lowest BCUT2D eigenvalue weighted by Crippen LogP contribution is -2.04. The number of hydrogen-bond donors (Lipinski definition) is 0. The molecule has 0 bridgehead atoms. The standard InChI is InChI=1S/C20H28OS/c1-13(2)17-11-19(14(3)4)18(20(12-17)15(5)6)9-8-10-22-16(7)21/h11-15H,10H2,1-7H3. The number of thioether (sulfide) groups is 1. The van der Waals surface area contributed by atoms with Gasteiger partial charge < -0.3 is 0 Å². The second-order valence-corrected chi connectivity index (χ2v) is 7.77. The van der Waals surface area contributed by atoms with E-state index >= 15 is 0 Å². The van der Waals surface area contributed by atoms with Crippen molar-refractivity contribution in [2.45, 2.75) is 66.2 Å². The highest BCUT2D eigenvalue weighted by Crippen LogP contribution is 2.31. The molecule has 0 amide bonds. The third-order valence-corrected chi connectivity index (χ3v) is 4.39. The molecule has 1 nitrogen and oxygen atoms in total. The van der Waals surface area contributed by atoms with Gasteiger partial charge in [-0.25, -0.2) is 0 Å². The van der Waals surface area contributed by atoms with Gasteiger partial charge in [-0.2, -0.15) is 0 Å². The Hall–Kier alpha value is -1.20. The summed E-state index contributed by atoms with van der Waals surface area (Å²) in [6.07, 6.45) is 0. The van der Waals surface area contributed by atoms with Crippen molar-refractivity contribution in [3.63, 3.8) is 0 Å². The maximum absolute atomic E-state index is 11.0. The fraction of sp³-hybridized carbons (Fsp3) is 0.550. The summed E-state index contributed by atoms with van der Waals surface area (Å²) in [7, 11) is 0. The molecule has 120 valence electrons. The van der Waals surface area contributed by atoms with Crippen LogP contribution >= 0.6 is 11.8 Å². The Morgan fingerprint density at radius 3 is 1.86 bits per heavy atom. The predicted octanol–water partition coefficient (Wildman–Crippen LogP) is 5.69. The molecule has 0 aliphatic heterocycles. The van der Waals surface area contributed by atoms with Crippen LogP contribution in [0.25, 0.3) is 0 Å². The largest absolute Gasteiger partial charge is 0.288 e. The van der Waals surface area contributed by atoms with Crippen LogP contribution in [0.5, 0.6) is 0 Å². The second-order valence-electron chi connectivity index (χ2n) is 6.62. The molecule has 0 N–H and O–H groups in total. The molecule has 2 heteroatoms. The highest BCUT2D eigenvalue weighted by atomic mass is 32.2. The van der Waals surface area contributed by atoms with E-state index in [2.05, 4.69) is 65.5 Å². The Morgan fingerprint density at radius 2 is 1.50 bits per heavy atom. The fourth-order valence-corrected chi connectivity index (χ4v) is 2.71. The van der Waals surface area contributed by atoms with E-state index in [-0.39, 0.29) is 5.12 Å². The monoisotopic (exact) mass is 316 g/mol. The number of carbonyl (C=O) groups excluding carboxylic acids is 1. The first kappa shape index (κ1) is 18.8. The third-order valence-electron chi connectivity index (χ3n) is 3.69. The van der Waals surface area contributed by atoms with Crippen LogP contribution in [0.15, 0.2) is 12.1 Å². The lowest BCUT2D eigenvalue weighted by Gasteiger charge is -2.20. The van der Waals surface area contributed by atoms with Crippen LogP contribution < -0.4 is 0 Å². The van der Waals surface area contributed by atoms with Crippen LogP contribution in [0.2, 0.25) is 0 Å². The van der Waals surface area contributed by atoms with Gasteiger partial charge in [-0.05, 0) is 34.4 Å². The molecule has 0 unspecified atom stereocenters. The lowest BCUT2D eigenvalue weighted by molar-refractivity contribution is -0.109. The van der Waals surface area contributed by atoms with Crippen molar-refractivity contribution in [1.29, 1.82) is 0 Å². The summed E-state index contributed by atoms with van der Waals surface area (Å²) < 4.78 is 0. The van der Waals surface area contributed by atoms with Crippen molar-refractivity contribution in [2.24, 2.45) is 0 Å². The summed E-state index contributed by atoms with van der Waals surface area (Å²) >= 11 is 1.27. The summed E-state index contributed by atoms with van der Waals surface area (Å²) in [6.45, 7) is 14.9. The smallest absolute Gasteiger partial charge is 0.186 e. The van der Waals surface area contributed by atoms with Crippen molar-refractivity contribution < 1.29 is 4.79 Å². The van der Waals surface area contributed by atoms with E-state index in [0.29, 0.717) is 23.5 Å². The highest BCUT2D eigenvalue weighted by Gasteiger charge is 2.15. The minimum absolute atomic E-state index is 0.123. The Kier molecular flexibility index (Phi) is 7.23. The highest BCUT2D eigenvalue weighted by molar-refractivity contribution is 8.13. The van der Waals surface area contributed by atoms with Crippen LogP contribution in [-0.2, 0) is 4.79 Å². The van der Waals surface area contributed by atoms with E-state index in [1.54, 1.807) is 6.92 Å². The molecule has 0 aliphatic rings. The van der Waals surface area contributed by atoms with E-state index in [1.807, 2.05) is 0 Å². The van der Waals surface area contributed by atoms with Crippen molar-refractivity contribution in [3.05, 3.63) is 34.4 Å². The molecule has 0 atom stereocenters. The van der Waals surface area contributed by atoms with Gasteiger partial charge in [0.25, 0.3) is 0 Å². The van der Waals surface area contributed by atoms with Gasteiger partial charge >= 0.3 is 0 Å². The summed E-state index contributed by atoms with van der Waals surface area (Å²) in [6, 6.07) is 4.62. The number of hydrogen-bond acceptors (Lipinski definition) is 2. The zero-order valence-corrected chi connectivity index (χ0v) is 15.7. The van der Waals surface area contributed by atoms with Gasteiger partial charge in [0, 0.05) is 12.5 Å². The van der Waals surface area contributed by atoms with Gasteiger partial charge in [-0.3, -0.25) is 4.79 Å². The molecular weight excluding hydrogens is 288 g/mol. The molecule has 0 heterocycles. The van der Waals surface area contributed by atoms with Crippen LogP contribution in [0.4, 0.5) is 0 Å². The number of rotatable bonds is 4. The van der Waals surface area contributed by atoms with Crippen molar-refractivity contribution in [2.75, 3.05) is 5.75 Å². The van der Waals surface area contributed by atoms with Gasteiger partial charge in [-0.15, -0.1) is 0 Å². The first-order valence-corrected chi connectivity index (χ1v) is 9.02. The van der Waals surface area contributed by atoms with E-state index in [1.165, 1.54) is 34.0 Å². The summed E-state index contributed by atoms with van der Waals surface area (Å²) in [4.78, 5) is 11.0. The van der Waals surface area contributed by atoms with E-state index in [4.69, 9.17) is 0 Å². The number of benzene rings is 1. The second kappa shape index (κ2) is 8.44. The maximum atomic E-state index is 11.0. The maximum Gasteiger partial charge on any atom is 0.186 e. The number of carbonyl (C=O) groups is 1. The predicted molar refractivity (Wildman–Crippen MR) is 98.7 cm³/mol. The van der Waals surface area contributed by atoms with Crippen LogP contribution in [0.3, 0.4) is 0 Å². The molecule has 0 fully saturated rings. The Balaban J connectivity index is 3.35. The van der Waals surface area contributed by atoms with Crippen molar-refractivity contribution in [1.82, 2.24) is 0 Å². The van der Waals surface area contributed by atoms with Gasteiger partial charge in [0.15, 0.2) is 5.12 Å². The molecule has 1 aromatic carbocycles. The minimum atomic E-state index is 0.123. The van der Waals surface area contributed by atoms with Crippen molar-refractivity contribution >= 4 is 16.9 Å². The van der Waals surface area contributed by atoms with Crippen LogP contribution in [-0.4, -0.2) is 10.9 Å². The molecule has 0 radical (unpaired) electrons. The molecule has 0 spiro atoms. The van der Waals surface area contributed by atoms with Gasteiger partial charge in [0.05, 0.1) is 5.75 Å². The van der Waals surface area contributed by atoms with Crippen LogP contribution in [0, 0.1) is 11.8 Å². The normalized spacial score (nSPS) is 11.0. The zero-order valence-electron chi connectivity index (χ0n) is 14.9. The van der Waals surface area contributed by atoms with Gasteiger partial charge in [-0.1, -0.05) is 77.3 Å². The Bertz CT molecular complexity index is 556. The molecule has 0 saturated carbocycles. The molecule has 1 aromatic rings.